The Hall–Kier alpha value is -1.62. The quantitative estimate of drug-likeness (QED) is 0.885. The molecule has 1 N–H and O–H groups in total. The fraction of sp³-hybridized carbons (Fsp3) is 0.333. The molecular formula is C12H15N3OS. The minimum atomic E-state index is 0.614. The molecule has 0 radical (unpaired) electrons. The molecule has 4 nitrogen and oxygen atoms in total. The Morgan fingerprint density at radius 2 is 2.29 bits per heavy atom. The van der Waals surface area contributed by atoms with Gasteiger partial charge < -0.3 is 10.1 Å². The Labute approximate surface area is 105 Å². The van der Waals surface area contributed by atoms with Gasteiger partial charge in [0.15, 0.2) is 0 Å². The molecule has 2 aromatic rings. The standard InChI is InChI=1S/C12H15N3OS/c1-3-9-7-14-12(17-9)8-13-10-5-4-6-11(15-10)16-2/h4-7H,3,8H2,1-2H3,(H,13,15). The number of anilines is 1. The van der Waals surface area contributed by atoms with E-state index in [1.807, 2.05) is 24.4 Å². The van der Waals surface area contributed by atoms with Gasteiger partial charge in [-0.05, 0) is 12.5 Å². The van der Waals surface area contributed by atoms with Crippen molar-refractivity contribution in [3.63, 3.8) is 0 Å². The van der Waals surface area contributed by atoms with E-state index >= 15 is 0 Å². The van der Waals surface area contributed by atoms with Crippen LogP contribution < -0.4 is 10.1 Å². The maximum atomic E-state index is 5.06. The molecular weight excluding hydrogens is 234 g/mol. The summed E-state index contributed by atoms with van der Waals surface area (Å²) in [5, 5.41) is 4.31. The Kier molecular flexibility index (Phi) is 3.93. The van der Waals surface area contributed by atoms with Crippen molar-refractivity contribution < 1.29 is 4.74 Å². The number of hydrogen-bond donors (Lipinski definition) is 1. The molecule has 17 heavy (non-hydrogen) atoms. The van der Waals surface area contributed by atoms with E-state index < -0.39 is 0 Å². The molecule has 0 saturated heterocycles. The first-order chi connectivity index (χ1) is 8.31. The number of pyridine rings is 1. The largest absolute Gasteiger partial charge is 0.481 e. The van der Waals surface area contributed by atoms with E-state index in [0.29, 0.717) is 12.4 Å². The third-order valence-corrected chi connectivity index (χ3v) is 3.44. The van der Waals surface area contributed by atoms with E-state index in [1.54, 1.807) is 18.4 Å². The molecule has 90 valence electrons. The van der Waals surface area contributed by atoms with Gasteiger partial charge in [-0.15, -0.1) is 11.3 Å². The lowest BCUT2D eigenvalue weighted by atomic mass is 10.4. The van der Waals surface area contributed by atoms with Gasteiger partial charge >= 0.3 is 0 Å². The summed E-state index contributed by atoms with van der Waals surface area (Å²) >= 11 is 1.73. The highest BCUT2D eigenvalue weighted by Gasteiger charge is 2.01. The minimum absolute atomic E-state index is 0.614. The number of nitrogens with zero attached hydrogens (tertiary/aromatic N) is 2. The van der Waals surface area contributed by atoms with Crippen LogP contribution in [-0.2, 0) is 13.0 Å². The monoisotopic (exact) mass is 249 g/mol. The Morgan fingerprint density at radius 1 is 1.41 bits per heavy atom. The normalized spacial score (nSPS) is 10.2. The Bertz CT molecular complexity index is 484. The number of ether oxygens (including phenoxy) is 1. The summed E-state index contributed by atoms with van der Waals surface area (Å²) in [6, 6.07) is 5.65. The molecule has 0 atom stereocenters. The molecule has 0 aliphatic rings. The van der Waals surface area contributed by atoms with Crippen LogP contribution in [0.25, 0.3) is 0 Å². The van der Waals surface area contributed by atoms with Crippen LogP contribution in [0, 0.1) is 0 Å². The maximum absolute atomic E-state index is 5.06. The predicted molar refractivity (Wildman–Crippen MR) is 69.6 cm³/mol. The molecule has 2 rings (SSSR count). The number of rotatable bonds is 5. The summed E-state index contributed by atoms with van der Waals surface area (Å²) in [6.07, 6.45) is 2.97. The van der Waals surface area contributed by atoms with Gasteiger partial charge in [0.1, 0.15) is 10.8 Å². The second-order valence-corrected chi connectivity index (χ2v) is 4.69. The third kappa shape index (κ3) is 3.17. The lowest BCUT2D eigenvalue weighted by Crippen LogP contribution is -2.01. The third-order valence-electron chi connectivity index (χ3n) is 2.30. The van der Waals surface area contributed by atoms with Crippen molar-refractivity contribution in [1.82, 2.24) is 9.97 Å². The highest BCUT2D eigenvalue weighted by Crippen LogP contribution is 2.16. The van der Waals surface area contributed by atoms with E-state index in [4.69, 9.17) is 4.74 Å². The fourth-order valence-corrected chi connectivity index (χ4v) is 2.19. The van der Waals surface area contributed by atoms with Crippen LogP contribution in [-0.4, -0.2) is 17.1 Å². The second kappa shape index (κ2) is 5.63. The number of nitrogens with one attached hydrogen (secondary N) is 1. The van der Waals surface area contributed by atoms with Crippen molar-refractivity contribution in [2.75, 3.05) is 12.4 Å². The van der Waals surface area contributed by atoms with Gasteiger partial charge in [0.2, 0.25) is 5.88 Å². The number of methoxy groups -OCH3 is 1. The van der Waals surface area contributed by atoms with Crippen LogP contribution in [0.4, 0.5) is 5.82 Å². The van der Waals surface area contributed by atoms with E-state index in [-0.39, 0.29) is 0 Å². The zero-order chi connectivity index (χ0) is 12.1. The van der Waals surface area contributed by atoms with Crippen molar-refractivity contribution in [3.8, 4) is 5.88 Å². The van der Waals surface area contributed by atoms with Crippen molar-refractivity contribution in [2.24, 2.45) is 0 Å². The first-order valence-corrected chi connectivity index (χ1v) is 6.32. The summed E-state index contributed by atoms with van der Waals surface area (Å²) in [7, 11) is 1.61. The highest BCUT2D eigenvalue weighted by atomic mass is 32.1. The summed E-state index contributed by atoms with van der Waals surface area (Å²) < 4.78 is 5.06. The average Bonchev–Trinajstić information content (AvgIpc) is 2.84. The summed E-state index contributed by atoms with van der Waals surface area (Å²) in [5.41, 5.74) is 0. The van der Waals surface area contributed by atoms with Crippen molar-refractivity contribution in [1.29, 1.82) is 0 Å². The van der Waals surface area contributed by atoms with Gasteiger partial charge in [-0.2, -0.15) is 4.98 Å². The first-order valence-electron chi connectivity index (χ1n) is 5.50. The molecule has 0 aliphatic carbocycles. The van der Waals surface area contributed by atoms with E-state index in [2.05, 4.69) is 22.2 Å². The lowest BCUT2D eigenvalue weighted by Gasteiger charge is -2.04. The number of thiazole rings is 1. The van der Waals surface area contributed by atoms with Gasteiger partial charge in [-0.1, -0.05) is 13.0 Å². The van der Waals surface area contributed by atoms with E-state index in [0.717, 1.165) is 17.2 Å². The van der Waals surface area contributed by atoms with Gasteiger partial charge in [-0.3, -0.25) is 0 Å². The molecule has 2 heterocycles. The lowest BCUT2D eigenvalue weighted by molar-refractivity contribution is 0.398. The van der Waals surface area contributed by atoms with E-state index in [9.17, 15) is 0 Å². The predicted octanol–water partition coefficient (Wildman–Crippen LogP) is 2.72. The van der Waals surface area contributed by atoms with Gasteiger partial charge in [0.25, 0.3) is 0 Å². The van der Waals surface area contributed by atoms with Gasteiger partial charge in [0, 0.05) is 17.1 Å². The maximum Gasteiger partial charge on any atom is 0.214 e. The fourth-order valence-electron chi connectivity index (χ4n) is 1.39. The van der Waals surface area contributed by atoms with Crippen molar-refractivity contribution in [2.45, 2.75) is 19.9 Å². The van der Waals surface area contributed by atoms with Crippen molar-refractivity contribution >= 4 is 17.2 Å². The molecule has 0 fully saturated rings. The van der Waals surface area contributed by atoms with Crippen LogP contribution >= 0.6 is 11.3 Å². The second-order valence-electron chi connectivity index (χ2n) is 3.49. The van der Waals surface area contributed by atoms with Crippen LogP contribution in [0.3, 0.4) is 0 Å². The average molecular weight is 249 g/mol. The van der Waals surface area contributed by atoms with Crippen LogP contribution in [0.15, 0.2) is 24.4 Å². The molecule has 0 spiro atoms. The minimum Gasteiger partial charge on any atom is -0.481 e. The van der Waals surface area contributed by atoms with Crippen LogP contribution in [0.2, 0.25) is 0 Å². The molecule has 0 bridgehead atoms. The highest BCUT2D eigenvalue weighted by molar-refractivity contribution is 7.11. The molecule has 5 heteroatoms. The van der Waals surface area contributed by atoms with Crippen LogP contribution in [0.5, 0.6) is 5.88 Å². The van der Waals surface area contributed by atoms with Crippen LogP contribution in [0.1, 0.15) is 16.8 Å². The van der Waals surface area contributed by atoms with Gasteiger partial charge in [0.05, 0.1) is 13.7 Å². The molecule has 0 amide bonds. The summed E-state index contributed by atoms with van der Waals surface area (Å²) in [6.45, 7) is 2.83. The number of aryl methyl sites for hydroxylation is 1. The Balaban J connectivity index is 1.96. The smallest absolute Gasteiger partial charge is 0.214 e. The Morgan fingerprint density at radius 3 is 3.00 bits per heavy atom. The molecule has 0 saturated carbocycles. The zero-order valence-corrected chi connectivity index (χ0v) is 10.8. The first kappa shape index (κ1) is 11.9. The molecule has 0 unspecified atom stereocenters. The van der Waals surface area contributed by atoms with E-state index in [1.165, 1.54) is 4.88 Å². The molecule has 0 aliphatic heterocycles. The SMILES string of the molecule is CCc1cnc(CNc2cccc(OC)n2)s1. The zero-order valence-electron chi connectivity index (χ0n) is 9.93. The van der Waals surface area contributed by atoms with Crippen molar-refractivity contribution in [3.05, 3.63) is 34.3 Å². The summed E-state index contributed by atoms with van der Waals surface area (Å²) in [5.74, 6) is 1.42. The number of hydrogen-bond acceptors (Lipinski definition) is 5. The molecule has 2 aromatic heterocycles. The number of aromatic nitrogens is 2. The summed E-state index contributed by atoms with van der Waals surface area (Å²) in [4.78, 5) is 9.92. The van der Waals surface area contributed by atoms with Gasteiger partial charge in [-0.25, -0.2) is 4.98 Å². The molecule has 0 aromatic carbocycles. The topological polar surface area (TPSA) is 47.0 Å².